The van der Waals surface area contributed by atoms with Gasteiger partial charge in [0.25, 0.3) is 0 Å². The van der Waals surface area contributed by atoms with Crippen LogP contribution in [0.5, 0.6) is 5.75 Å². The zero-order chi connectivity index (χ0) is 20.1. The molecule has 0 unspecified atom stereocenters. The molecule has 1 aromatic heterocycles. The molecule has 0 atom stereocenters. The van der Waals surface area contributed by atoms with Crippen molar-refractivity contribution >= 4 is 5.71 Å². The smallest absolute Gasteiger partial charge is 0.147 e. The quantitative estimate of drug-likeness (QED) is 0.235. The fraction of sp³-hybridized carbons (Fsp3) is 0.174. The topological polar surface area (TPSA) is 35.8 Å². The maximum absolute atomic E-state index is 14.6. The highest BCUT2D eigenvalue weighted by Crippen LogP contribution is 2.32. The van der Waals surface area contributed by atoms with E-state index in [2.05, 4.69) is 11.7 Å². The van der Waals surface area contributed by atoms with Gasteiger partial charge in [-0.25, -0.2) is 4.39 Å². The lowest BCUT2D eigenvalue weighted by Gasteiger charge is -2.14. The number of methoxy groups -OCH3 is 1. The van der Waals surface area contributed by atoms with Crippen LogP contribution in [0.2, 0.25) is 0 Å². The van der Waals surface area contributed by atoms with Crippen molar-refractivity contribution in [3.63, 3.8) is 0 Å². The highest BCUT2D eigenvalue weighted by Gasteiger charge is 2.19. The number of halogens is 1. The van der Waals surface area contributed by atoms with E-state index in [-0.39, 0.29) is 5.82 Å². The summed E-state index contributed by atoms with van der Waals surface area (Å²) in [7, 11) is 1.62. The number of benzene rings is 2. The van der Waals surface area contributed by atoms with Crippen molar-refractivity contribution in [2.75, 3.05) is 13.7 Å². The first-order valence-corrected chi connectivity index (χ1v) is 8.96. The second-order valence-corrected chi connectivity index (χ2v) is 6.31. The Morgan fingerprint density at radius 2 is 1.96 bits per heavy atom. The van der Waals surface area contributed by atoms with Crippen LogP contribution in [-0.4, -0.2) is 24.0 Å². The van der Waals surface area contributed by atoms with E-state index in [1.165, 1.54) is 6.07 Å². The van der Waals surface area contributed by atoms with Crippen LogP contribution in [0.25, 0.3) is 16.9 Å². The fourth-order valence-corrected chi connectivity index (χ4v) is 3.15. The van der Waals surface area contributed by atoms with Gasteiger partial charge in [0, 0.05) is 16.8 Å². The number of hydrogen-bond acceptors (Lipinski definition) is 3. The summed E-state index contributed by atoms with van der Waals surface area (Å²) in [4.78, 5) is 5.24. The maximum atomic E-state index is 14.6. The lowest BCUT2D eigenvalue weighted by molar-refractivity contribution is 0.175. The molecule has 2 aromatic carbocycles. The Labute approximate surface area is 164 Å². The van der Waals surface area contributed by atoms with Crippen LogP contribution in [0, 0.1) is 12.7 Å². The van der Waals surface area contributed by atoms with Crippen LogP contribution in [0.15, 0.2) is 72.4 Å². The van der Waals surface area contributed by atoms with Crippen LogP contribution >= 0.6 is 0 Å². The second-order valence-electron chi connectivity index (χ2n) is 6.31. The van der Waals surface area contributed by atoms with E-state index in [9.17, 15) is 4.39 Å². The van der Waals surface area contributed by atoms with Crippen molar-refractivity contribution in [3.05, 3.63) is 84.3 Å². The van der Waals surface area contributed by atoms with Crippen molar-refractivity contribution in [1.29, 1.82) is 0 Å². The molecule has 3 aromatic rings. The van der Waals surface area contributed by atoms with Gasteiger partial charge in [0.15, 0.2) is 0 Å². The number of para-hydroxylation sites is 1. The van der Waals surface area contributed by atoms with Gasteiger partial charge in [0.1, 0.15) is 18.2 Å². The molecular formula is C23H23FN2O2. The zero-order valence-electron chi connectivity index (χ0n) is 16.3. The zero-order valence-corrected chi connectivity index (χ0v) is 16.3. The lowest BCUT2D eigenvalue weighted by atomic mass is 10.1. The first kappa shape index (κ1) is 19.4. The molecule has 0 aliphatic heterocycles. The monoisotopic (exact) mass is 378 g/mol. The van der Waals surface area contributed by atoms with Crippen molar-refractivity contribution in [2.45, 2.75) is 13.8 Å². The molecule has 28 heavy (non-hydrogen) atoms. The number of oxime groups is 1. The van der Waals surface area contributed by atoms with Gasteiger partial charge in [-0.15, -0.1) is 0 Å². The van der Waals surface area contributed by atoms with Gasteiger partial charge in [-0.2, -0.15) is 0 Å². The van der Waals surface area contributed by atoms with Gasteiger partial charge >= 0.3 is 0 Å². The van der Waals surface area contributed by atoms with E-state index in [1.54, 1.807) is 25.3 Å². The molecule has 0 aliphatic rings. The molecule has 0 radical (unpaired) electrons. The largest absolute Gasteiger partial charge is 0.497 e. The maximum Gasteiger partial charge on any atom is 0.147 e. The third kappa shape index (κ3) is 3.83. The fourth-order valence-electron chi connectivity index (χ4n) is 3.15. The summed E-state index contributed by atoms with van der Waals surface area (Å²) >= 11 is 0. The summed E-state index contributed by atoms with van der Waals surface area (Å²) in [6.07, 6.45) is 1.63. The van der Waals surface area contributed by atoms with Crippen molar-refractivity contribution in [1.82, 2.24) is 4.57 Å². The third-order valence-electron chi connectivity index (χ3n) is 4.49. The summed E-state index contributed by atoms with van der Waals surface area (Å²) in [6, 6.07) is 16.4. The Bertz CT molecular complexity index is 1020. The second kappa shape index (κ2) is 8.57. The summed E-state index contributed by atoms with van der Waals surface area (Å²) in [5, 5.41) is 4.16. The first-order chi connectivity index (χ1) is 13.6. The van der Waals surface area contributed by atoms with Gasteiger partial charge in [0.05, 0.1) is 24.2 Å². The minimum atomic E-state index is -0.297. The number of ether oxygens (including phenoxy) is 1. The average molecular weight is 378 g/mol. The number of hydrogen-bond donors (Lipinski definition) is 0. The van der Waals surface area contributed by atoms with Gasteiger partial charge in [-0.05, 0) is 44.2 Å². The molecule has 0 spiro atoms. The van der Waals surface area contributed by atoms with E-state index in [0.29, 0.717) is 18.0 Å². The Kier molecular flexibility index (Phi) is 5.94. The molecule has 1 heterocycles. The van der Waals surface area contributed by atoms with E-state index in [4.69, 9.17) is 9.57 Å². The Morgan fingerprint density at radius 1 is 1.18 bits per heavy atom. The number of nitrogens with zero attached hydrogens (tertiary/aromatic N) is 2. The van der Waals surface area contributed by atoms with Gasteiger partial charge < -0.3 is 14.1 Å². The molecule has 0 bridgehead atoms. The Hall–Kier alpha value is -3.34. The predicted octanol–water partition coefficient (Wildman–Crippen LogP) is 5.53. The summed E-state index contributed by atoms with van der Waals surface area (Å²) < 4.78 is 21.9. The Morgan fingerprint density at radius 3 is 2.68 bits per heavy atom. The molecular weight excluding hydrogens is 355 g/mol. The van der Waals surface area contributed by atoms with Crippen LogP contribution in [0.1, 0.15) is 18.2 Å². The molecule has 0 saturated carbocycles. The number of rotatable bonds is 7. The molecule has 0 saturated heterocycles. The third-order valence-corrected chi connectivity index (χ3v) is 4.49. The molecule has 5 heteroatoms. The molecule has 0 amide bonds. The minimum Gasteiger partial charge on any atom is -0.497 e. The molecule has 0 N–H and O–H groups in total. The first-order valence-electron chi connectivity index (χ1n) is 8.96. The van der Waals surface area contributed by atoms with E-state index < -0.39 is 0 Å². The predicted molar refractivity (Wildman–Crippen MR) is 111 cm³/mol. The SMILES string of the molecule is C=CCO/N=C(/C)c1cc(-c2cccc(OC)c2)n(-c2ccccc2F)c1C. The van der Waals surface area contributed by atoms with Crippen molar-refractivity contribution < 1.29 is 14.0 Å². The standard InChI is InChI=1S/C23H23FN2O2/c1-5-13-28-25-16(2)20-15-23(18-9-8-10-19(14-18)27-4)26(17(20)3)22-12-7-6-11-21(22)24/h5-12,14-15H,1,13H2,2-4H3/b25-16-. The highest BCUT2D eigenvalue weighted by atomic mass is 19.1. The average Bonchev–Trinajstić information content (AvgIpc) is 3.05. The van der Waals surface area contributed by atoms with E-state index in [1.807, 2.05) is 54.8 Å². The molecule has 0 fully saturated rings. The summed E-state index contributed by atoms with van der Waals surface area (Å²) in [5.74, 6) is 0.437. The molecule has 4 nitrogen and oxygen atoms in total. The van der Waals surface area contributed by atoms with Crippen molar-refractivity contribution in [2.24, 2.45) is 5.16 Å². The van der Waals surface area contributed by atoms with Crippen molar-refractivity contribution in [3.8, 4) is 22.7 Å². The van der Waals surface area contributed by atoms with Gasteiger partial charge in [-0.1, -0.05) is 42.1 Å². The van der Waals surface area contributed by atoms with Crippen LogP contribution < -0.4 is 4.74 Å². The summed E-state index contributed by atoms with van der Waals surface area (Å²) in [6.45, 7) is 7.76. The minimum absolute atomic E-state index is 0.297. The normalized spacial score (nSPS) is 11.4. The van der Waals surface area contributed by atoms with Crippen LogP contribution in [0.4, 0.5) is 4.39 Å². The van der Waals surface area contributed by atoms with Crippen LogP contribution in [-0.2, 0) is 4.84 Å². The Balaban J connectivity index is 2.22. The summed E-state index contributed by atoms with van der Waals surface area (Å²) in [5.41, 5.74) is 4.69. The molecule has 3 rings (SSSR count). The lowest BCUT2D eigenvalue weighted by Crippen LogP contribution is -2.04. The molecule has 144 valence electrons. The number of aromatic nitrogens is 1. The van der Waals surface area contributed by atoms with E-state index >= 15 is 0 Å². The highest BCUT2D eigenvalue weighted by molar-refractivity contribution is 6.01. The van der Waals surface area contributed by atoms with Gasteiger partial charge in [0.2, 0.25) is 0 Å². The molecule has 0 aliphatic carbocycles. The van der Waals surface area contributed by atoms with E-state index in [0.717, 1.165) is 28.3 Å². The van der Waals surface area contributed by atoms with Crippen LogP contribution in [0.3, 0.4) is 0 Å². The van der Waals surface area contributed by atoms with Gasteiger partial charge in [-0.3, -0.25) is 0 Å².